The van der Waals surface area contributed by atoms with Gasteiger partial charge in [0.05, 0.1) is 34.8 Å². The van der Waals surface area contributed by atoms with Gasteiger partial charge in [0.15, 0.2) is 0 Å². The summed E-state index contributed by atoms with van der Waals surface area (Å²) >= 11 is 0. The number of aliphatic hydroxyl groups excluding tert-OH is 1. The lowest BCUT2D eigenvalue weighted by molar-refractivity contribution is 0.276. The highest BCUT2D eigenvalue weighted by atomic mass is 16.4. The molecule has 0 saturated carbocycles. The molecule has 1 atom stereocenters. The minimum absolute atomic E-state index is 0.0419. The largest absolute Gasteiger partial charge is 0.414 e. The molecule has 4 aromatic heterocycles. The van der Waals surface area contributed by atoms with Crippen molar-refractivity contribution in [2.24, 2.45) is 7.05 Å². The molecule has 212 valence electrons. The molecule has 11 nitrogen and oxygen atoms in total. The molecule has 0 unspecified atom stereocenters. The van der Waals surface area contributed by atoms with Gasteiger partial charge in [0.25, 0.3) is 17.3 Å². The number of fused-ring (bicyclic) bond motifs is 1. The van der Waals surface area contributed by atoms with Crippen LogP contribution in [0, 0.1) is 0 Å². The van der Waals surface area contributed by atoms with Crippen LogP contribution in [0.1, 0.15) is 31.5 Å². The number of anilines is 3. The Labute approximate surface area is 241 Å². The molecular weight excluding hydrogens is 532 g/mol. The zero-order chi connectivity index (χ0) is 29.2. The molecule has 0 radical (unpaired) electrons. The maximum absolute atomic E-state index is 12.7. The van der Waals surface area contributed by atoms with E-state index in [-0.39, 0.29) is 30.0 Å². The van der Waals surface area contributed by atoms with Crippen molar-refractivity contribution in [1.29, 1.82) is 0 Å². The zero-order valence-corrected chi connectivity index (χ0v) is 23.4. The number of nitrogens with one attached hydrogen (secondary N) is 2. The average molecular weight is 563 g/mol. The van der Waals surface area contributed by atoms with Crippen molar-refractivity contribution in [3.8, 4) is 23.0 Å². The monoisotopic (exact) mass is 562 g/mol. The summed E-state index contributed by atoms with van der Waals surface area (Å²) in [6, 6.07) is 22.3. The Morgan fingerprint density at radius 3 is 2.48 bits per heavy atom. The van der Waals surface area contributed by atoms with Crippen LogP contribution in [0.3, 0.4) is 0 Å². The van der Waals surface area contributed by atoms with Gasteiger partial charge in [0.1, 0.15) is 11.5 Å². The van der Waals surface area contributed by atoms with Crippen LogP contribution in [-0.2, 0) is 7.05 Å². The maximum Gasteiger partial charge on any atom is 0.274 e. The van der Waals surface area contributed by atoms with E-state index in [1.807, 2.05) is 85.3 Å². The highest BCUT2D eigenvalue weighted by Gasteiger charge is 2.20. The van der Waals surface area contributed by atoms with Gasteiger partial charge in [0.2, 0.25) is 0 Å². The summed E-state index contributed by atoms with van der Waals surface area (Å²) in [5.41, 5.74) is 4.23. The van der Waals surface area contributed by atoms with Crippen LogP contribution in [0.15, 0.2) is 94.4 Å². The van der Waals surface area contributed by atoms with Gasteiger partial charge in [-0.3, -0.25) is 19.1 Å². The minimum atomic E-state index is -0.403. The SMILES string of the molecule is CC(C)n1c2cc(Nc3cc(N[C@H](CO)c4ccccc4)c(-c4nnc(-c5ccccn5)o4)cn3)ccc2c(=O)n1C. The average Bonchev–Trinajstić information content (AvgIpc) is 3.60. The molecule has 11 heteroatoms. The Bertz CT molecular complexity index is 1890. The molecule has 42 heavy (non-hydrogen) atoms. The van der Waals surface area contributed by atoms with Crippen LogP contribution in [-0.4, -0.2) is 41.2 Å². The third-order valence-corrected chi connectivity index (χ3v) is 7.01. The second-order valence-electron chi connectivity index (χ2n) is 10.2. The smallest absolute Gasteiger partial charge is 0.274 e. The molecule has 0 fully saturated rings. The third-order valence-electron chi connectivity index (χ3n) is 7.01. The van der Waals surface area contributed by atoms with Crippen molar-refractivity contribution < 1.29 is 9.52 Å². The van der Waals surface area contributed by atoms with Crippen LogP contribution < -0.4 is 16.2 Å². The van der Waals surface area contributed by atoms with Crippen molar-refractivity contribution in [3.05, 3.63) is 101 Å². The van der Waals surface area contributed by atoms with Crippen molar-refractivity contribution in [1.82, 2.24) is 29.5 Å². The standard InChI is InChI=1S/C31H30N8O3/c1-19(2)39-27-15-21(12-13-22(27)31(41)38(39)3)34-28-16-25(35-26(18-40)20-9-5-4-6-10-20)23(17-33-28)29-36-37-30(42-29)24-11-7-8-14-32-24/h4-17,19,26,40H,18H2,1-3H3,(H2,33,34,35)/t26-/m1/s1. The van der Waals surface area contributed by atoms with Crippen LogP contribution in [0.25, 0.3) is 33.9 Å². The quantitative estimate of drug-likeness (QED) is 0.214. The fraction of sp³-hybridized carbons (Fsp3) is 0.194. The topological polar surface area (TPSA) is 136 Å². The van der Waals surface area contributed by atoms with Crippen molar-refractivity contribution in [3.63, 3.8) is 0 Å². The molecule has 6 rings (SSSR count). The summed E-state index contributed by atoms with van der Waals surface area (Å²) in [6.07, 6.45) is 3.30. The lowest BCUT2D eigenvalue weighted by atomic mass is 10.1. The molecule has 0 spiro atoms. The molecule has 0 bridgehead atoms. The lowest BCUT2D eigenvalue weighted by Crippen LogP contribution is -2.20. The van der Waals surface area contributed by atoms with E-state index in [1.54, 1.807) is 30.2 Å². The minimum Gasteiger partial charge on any atom is -0.414 e. The first kappa shape index (κ1) is 26.9. The Balaban J connectivity index is 1.39. The van der Waals surface area contributed by atoms with E-state index in [9.17, 15) is 9.90 Å². The number of aliphatic hydroxyl groups is 1. The normalized spacial score (nSPS) is 12.1. The summed E-state index contributed by atoms with van der Waals surface area (Å²) in [5, 5.41) is 26.2. The number of hydrogen-bond acceptors (Lipinski definition) is 9. The highest BCUT2D eigenvalue weighted by molar-refractivity contribution is 5.84. The highest BCUT2D eigenvalue weighted by Crippen LogP contribution is 2.33. The van der Waals surface area contributed by atoms with E-state index in [0.717, 1.165) is 16.8 Å². The molecule has 3 N–H and O–H groups in total. The van der Waals surface area contributed by atoms with Gasteiger partial charge in [-0.1, -0.05) is 36.4 Å². The Morgan fingerprint density at radius 1 is 0.952 bits per heavy atom. The first-order valence-corrected chi connectivity index (χ1v) is 13.6. The summed E-state index contributed by atoms with van der Waals surface area (Å²) < 4.78 is 9.59. The number of aromatic nitrogens is 6. The second kappa shape index (κ2) is 11.3. The molecule has 0 aliphatic rings. The van der Waals surface area contributed by atoms with E-state index in [1.165, 1.54) is 0 Å². The number of nitrogens with zero attached hydrogens (tertiary/aromatic N) is 6. The van der Waals surface area contributed by atoms with Crippen molar-refractivity contribution in [2.75, 3.05) is 17.2 Å². The molecule has 6 aromatic rings. The molecule has 0 saturated heterocycles. The van der Waals surface area contributed by atoms with Crippen molar-refractivity contribution >= 4 is 28.1 Å². The number of rotatable bonds is 9. The van der Waals surface area contributed by atoms with E-state index in [0.29, 0.717) is 28.1 Å². The van der Waals surface area contributed by atoms with E-state index >= 15 is 0 Å². The predicted octanol–water partition coefficient (Wildman–Crippen LogP) is 5.32. The first-order chi connectivity index (χ1) is 20.4. The van der Waals surface area contributed by atoms with Gasteiger partial charge >= 0.3 is 0 Å². The summed E-state index contributed by atoms with van der Waals surface area (Å²) in [6.45, 7) is 3.94. The molecule has 2 aromatic carbocycles. The van der Waals surface area contributed by atoms with Crippen LogP contribution >= 0.6 is 0 Å². The van der Waals surface area contributed by atoms with Crippen LogP contribution in [0.2, 0.25) is 0 Å². The van der Waals surface area contributed by atoms with Crippen molar-refractivity contribution in [2.45, 2.75) is 25.9 Å². The zero-order valence-electron chi connectivity index (χ0n) is 23.4. The van der Waals surface area contributed by atoms with E-state index in [2.05, 4.69) is 30.8 Å². The van der Waals surface area contributed by atoms with Gasteiger partial charge in [-0.2, -0.15) is 0 Å². The van der Waals surface area contributed by atoms with Crippen LogP contribution in [0.5, 0.6) is 0 Å². The number of hydrogen-bond donors (Lipinski definition) is 3. The van der Waals surface area contributed by atoms with Crippen LogP contribution in [0.4, 0.5) is 17.2 Å². The first-order valence-electron chi connectivity index (χ1n) is 13.6. The van der Waals surface area contributed by atoms with Gasteiger partial charge in [-0.05, 0) is 49.7 Å². The van der Waals surface area contributed by atoms with E-state index < -0.39 is 6.04 Å². The summed E-state index contributed by atoms with van der Waals surface area (Å²) in [5.74, 6) is 1.09. The molecule has 0 aliphatic heterocycles. The van der Waals surface area contributed by atoms with Gasteiger partial charge in [0, 0.05) is 37.2 Å². The Morgan fingerprint density at radius 2 is 1.74 bits per heavy atom. The van der Waals surface area contributed by atoms with E-state index in [4.69, 9.17) is 4.42 Å². The molecule has 0 amide bonds. The molecule has 4 heterocycles. The Hall–Kier alpha value is -5.29. The molecule has 0 aliphatic carbocycles. The lowest BCUT2D eigenvalue weighted by Gasteiger charge is -2.20. The Kier molecular flexibility index (Phi) is 7.24. The third kappa shape index (κ3) is 5.13. The summed E-state index contributed by atoms with van der Waals surface area (Å²) in [7, 11) is 1.77. The van der Waals surface area contributed by atoms with Gasteiger partial charge in [-0.25, -0.2) is 4.98 Å². The van der Waals surface area contributed by atoms with Gasteiger partial charge < -0.3 is 20.2 Å². The second-order valence-corrected chi connectivity index (χ2v) is 10.2. The summed E-state index contributed by atoms with van der Waals surface area (Å²) in [4.78, 5) is 21.7. The predicted molar refractivity (Wildman–Crippen MR) is 161 cm³/mol. The maximum atomic E-state index is 12.7. The number of pyridine rings is 2. The fourth-order valence-electron chi connectivity index (χ4n) is 5.03. The number of benzene rings is 2. The molecular formula is C31H30N8O3. The van der Waals surface area contributed by atoms with Gasteiger partial charge in [-0.15, -0.1) is 10.2 Å². The fourth-order valence-corrected chi connectivity index (χ4v) is 5.03.